The van der Waals surface area contributed by atoms with Crippen LogP contribution in [0, 0.1) is 0 Å². The summed E-state index contributed by atoms with van der Waals surface area (Å²) in [6.45, 7) is 0. The van der Waals surface area contributed by atoms with Crippen molar-refractivity contribution >= 4 is 28.2 Å². The lowest BCUT2D eigenvalue weighted by Crippen LogP contribution is -2.13. The first-order chi connectivity index (χ1) is 9.75. The monoisotopic (exact) mass is 263 g/mol. The number of benzene rings is 2. The smallest absolute Gasteiger partial charge is 0.250 e. The van der Waals surface area contributed by atoms with E-state index in [2.05, 4.69) is 10.3 Å². The Balaban J connectivity index is 2.08. The van der Waals surface area contributed by atoms with Gasteiger partial charge >= 0.3 is 0 Å². The topological polar surface area (TPSA) is 68.0 Å². The Labute approximate surface area is 116 Å². The van der Waals surface area contributed by atoms with Crippen molar-refractivity contribution in [2.45, 2.75) is 0 Å². The highest BCUT2D eigenvalue weighted by molar-refractivity contribution is 6.01. The van der Waals surface area contributed by atoms with Gasteiger partial charge in [0.15, 0.2) is 0 Å². The number of anilines is 2. The van der Waals surface area contributed by atoms with E-state index in [0.717, 1.165) is 16.6 Å². The van der Waals surface area contributed by atoms with E-state index in [4.69, 9.17) is 5.73 Å². The first-order valence-electron chi connectivity index (χ1n) is 6.25. The highest BCUT2D eigenvalue weighted by Gasteiger charge is 2.08. The average molecular weight is 263 g/mol. The second-order valence-electron chi connectivity index (χ2n) is 4.41. The number of hydrogen-bond donors (Lipinski definition) is 2. The van der Waals surface area contributed by atoms with Gasteiger partial charge in [0.05, 0.1) is 16.8 Å². The van der Waals surface area contributed by atoms with Crippen LogP contribution >= 0.6 is 0 Å². The summed E-state index contributed by atoms with van der Waals surface area (Å²) in [7, 11) is 0. The molecule has 1 aromatic heterocycles. The second-order valence-corrected chi connectivity index (χ2v) is 4.41. The van der Waals surface area contributed by atoms with Gasteiger partial charge in [0.2, 0.25) is 0 Å². The molecular formula is C16H13N3O. The summed E-state index contributed by atoms with van der Waals surface area (Å²) in [6.07, 6.45) is 1.73. The van der Waals surface area contributed by atoms with Gasteiger partial charge < -0.3 is 11.1 Å². The minimum absolute atomic E-state index is 0.452. The molecule has 4 heteroatoms. The van der Waals surface area contributed by atoms with E-state index in [1.54, 1.807) is 18.3 Å². The summed E-state index contributed by atoms with van der Waals surface area (Å²) in [5, 5.41) is 4.25. The van der Waals surface area contributed by atoms with Crippen LogP contribution in [-0.2, 0) is 0 Å². The van der Waals surface area contributed by atoms with Crippen LogP contribution in [0.4, 0.5) is 11.4 Å². The zero-order valence-electron chi connectivity index (χ0n) is 10.7. The maximum atomic E-state index is 11.4. The molecule has 0 saturated heterocycles. The number of amides is 1. The third kappa shape index (κ3) is 2.19. The molecule has 4 nitrogen and oxygen atoms in total. The Bertz CT molecular complexity index is 778. The molecule has 98 valence electrons. The van der Waals surface area contributed by atoms with Gasteiger partial charge in [-0.15, -0.1) is 0 Å². The Morgan fingerprint density at radius 1 is 0.950 bits per heavy atom. The summed E-state index contributed by atoms with van der Waals surface area (Å²) >= 11 is 0. The average Bonchev–Trinajstić information content (AvgIpc) is 2.48. The normalized spacial score (nSPS) is 10.4. The van der Waals surface area contributed by atoms with Crippen LogP contribution < -0.4 is 11.1 Å². The number of pyridine rings is 1. The highest BCUT2D eigenvalue weighted by Crippen LogP contribution is 2.26. The van der Waals surface area contributed by atoms with Crippen LogP contribution in [0.15, 0.2) is 60.8 Å². The van der Waals surface area contributed by atoms with Crippen LogP contribution in [0.1, 0.15) is 10.4 Å². The fraction of sp³-hybridized carbons (Fsp3) is 0. The van der Waals surface area contributed by atoms with Gasteiger partial charge in [-0.3, -0.25) is 9.78 Å². The Hall–Kier alpha value is -2.88. The number of nitrogens with one attached hydrogen (secondary N) is 1. The highest BCUT2D eigenvalue weighted by atomic mass is 16.1. The van der Waals surface area contributed by atoms with Crippen LogP contribution in [0.25, 0.3) is 10.9 Å². The van der Waals surface area contributed by atoms with E-state index < -0.39 is 5.91 Å². The Morgan fingerprint density at radius 2 is 1.70 bits per heavy atom. The molecule has 0 aliphatic carbocycles. The van der Waals surface area contributed by atoms with Gasteiger partial charge in [-0.1, -0.05) is 30.3 Å². The lowest BCUT2D eigenvalue weighted by molar-refractivity contribution is 0.100. The lowest BCUT2D eigenvalue weighted by atomic mass is 10.1. The first-order valence-corrected chi connectivity index (χ1v) is 6.25. The van der Waals surface area contributed by atoms with Crippen molar-refractivity contribution in [3.8, 4) is 0 Å². The SMILES string of the molecule is NC(=O)c1ccccc1Nc1ccnc2ccccc12. The van der Waals surface area contributed by atoms with Crippen LogP contribution in [0.2, 0.25) is 0 Å². The Kier molecular flexibility index (Phi) is 3.05. The van der Waals surface area contributed by atoms with Crippen molar-refractivity contribution in [3.05, 3.63) is 66.4 Å². The fourth-order valence-corrected chi connectivity index (χ4v) is 2.16. The van der Waals surface area contributed by atoms with Crippen molar-refractivity contribution in [3.63, 3.8) is 0 Å². The number of para-hydroxylation sites is 2. The maximum Gasteiger partial charge on any atom is 0.250 e. The fourth-order valence-electron chi connectivity index (χ4n) is 2.16. The standard InChI is InChI=1S/C16H13N3O/c17-16(20)12-6-2-4-8-14(12)19-15-9-10-18-13-7-3-1-5-11(13)15/h1-10H,(H2,17,20)(H,18,19). The van der Waals surface area contributed by atoms with E-state index in [1.165, 1.54) is 0 Å². The third-order valence-electron chi connectivity index (χ3n) is 3.11. The molecule has 3 aromatic rings. The zero-order chi connectivity index (χ0) is 13.9. The number of primary amides is 1. The van der Waals surface area contributed by atoms with E-state index >= 15 is 0 Å². The molecule has 0 atom stereocenters. The zero-order valence-corrected chi connectivity index (χ0v) is 10.7. The number of carbonyl (C=O) groups excluding carboxylic acids is 1. The molecule has 0 bridgehead atoms. The largest absolute Gasteiger partial charge is 0.366 e. The van der Waals surface area contributed by atoms with E-state index in [1.807, 2.05) is 42.5 Å². The minimum Gasteiger partial charge on any atom is -0.366 e. The van der Waals surface area contributed by atoms with Crippen molar-refractivity contribution in [1.82, 2.24) is 4.98 Å². The Morgan fingerprint density at radius 3 is 2.55 bits per heavy atom. The molecule has 20 heavy (non-hydrogen) atoms. The molecule has 1 heterocycles. The molecule has 3 rings (SSSR count). The number of nitrogens with zero attached hydrogens (tertiary/aromatic N) is 1. The van der Waals surface area contributed by atoms with Gasteiger partial charge in [0.1, 0.15) is 0 Å². The van der Waals surface area contributed by atoms with E-state index in [9.17, 15) is 4.79 Å². The number of nitrogens with two attached hydrogens (primary N) is 1. The van der Waals surface area contributed by atoms with Gasteiger partial charge in [-0.25, -0.2) is 0 Å². The first kappa shape index (κ1) is 12.2. The number of fused-ring (bicyclic) bond motifs is 1. The van der Waals surface area contributed by atoms with E-state index in [-0.39, 0.29) is 0 Å². The molecule has 0 fully saturated rings. The summed E-state index contributed by atoms with van der Waals surface area (Å²) in [4.78, 5) is 15.8. The second kappa shape index (κ2) is 5.01. The van der Waals surface area contributed by atoms with Crippen molar-refractivity contribution in [2.24, 2.45) is 5.73 Å². The predicted octanol–water partition coefficient (Wildman–Crippen LogP) is 3.08. The maximum absolute atomic E-state index is 11.4. The number of hydrogen-bond acceptors (Lipinski definition) is 3. The lowest BCUT2D eigenvalue weighted by Gasteiger charge is -2.11. The quantitative estimate of drug-likeness (QED) is 0.763. The van der Waals surface area contributed by atoms with Gasteiger partial charge in [0.25, 0.3) is 5.91 Å². The molecule has 2 aromatic carbocycles. The van der Waals surface area contributed by atoms with Gasteiger partial charge in [-0.2, -0.15) is 0 Å². The van der Waals surface area contributed by atoms with Crippen LogP contribution in [0.3, 0.4) is 0 Å². The van der Waals surface area contributed by atoms with E-state index in [0.29, 0.717) is 11.3 Å². The molecule has 0 spiro atoms. The molecule has 0 unspecified atom stereocenters. The summed E-state index contributed by atoms with van der Waals surface area (Å²) in [5.41, 5.74) is 8.34. The number of rotatable bonds is 3. The summed E-state index contributed by atoms with van der Waals surface area (Å²) < 4.78 is 0. The molecule has 0 aliphatic heterocycles. The molecule has 1 amide bonds. The van der Waals surface area contributed by atoms with Crippen LogP contribution in [0.5, 0.6) is 0 Å². The molecule has 3 N–H and O–H groups in total. The molecule has 0 saturated carbocycles. The summed E-state index contributed by atoms with van der Waals surface area (Å²) in [5.74, 6) is -0.452. The molecule has 0 aliphatic rings. The van der Waals surface area contributed by atoms with Gasteiger partial charge in [0, 0.05) is 17.3 Å². The predicted molar refractivity (Wildman–Crippen MR) is 80.0 cm³/mol. The number of aromatic nitrogens is 1. The minimum atomic E-state index is -0.452. The van der Waals surface area contributed by atoms with Crippen LogP contribution in [-0.4, -0.2) is 10.9 Å². The number of carbonyl (C=O) groups is 1. The van der Waals surface area contributed by atoms with Gasteiger partial charge in [-0.05, 0) is 24.3 Å². The summed E-state index contributed by atoms with van der Waals surface area (Å²) in [6, 6.07) is 16.9. The molecule has 0 radical (unpaired) electrons. The molecular weight excluding hydrogens is 250 g/mol. The van der Waals surface area contributed by atoms with Crippen molar-refractivity contribution < 1.29 is 4.79 Å². The van der Waals surface area contributed by atoms with Crippen molar-refractivity contribution in [2.75, 3.05) is 5.32 Å². The van der Waals surface area contributed by atoms with Crippen molar-refractivity contribution in [1.29, 1.82) is 0 Å². The third-order valence-corrected chi connectivity index (χ3v) is 3.11.